The largest absolute Gasteiger partial charge is 0.367 e. The molecule has 0 aliphatic heterocycles. The molecule has 0 saturated heterocycles. The molecule has 2 nitrogen and oxygen atoms in total. The molecule has 0 spiro atoms. The highest BCUT2D eigenvalue weighted by atomic mass is 32.2. The Kier molecular flexibility index (Phi) is 5.01. The van der Waals surface area contributed by atoms with Gasteiger partial charge < -0.3 is 10.3 Å². The third-order valence-corrected chi connectivity index (χ3v) is 2.72. The number of rotatable bonds is 6. The van der Waals surface area contributed by atoms with E-state index < -0.39 is 0 Å². The summed E-state index contributed by atoms with van der Waals surface area (Å²) in [6.45, 7) is 3.21. The number of aromatic nitrogens is 1. The molecular weight excluding hydrogens is 180 g/mol. The summed E-state index contributed by atoms with van der Waals surface area (Å²) in [6.07, 6.45) is 7.39. The Labute approximate surface area is 84.5 Å². The van der Waals surface area contributed by atoms with E-state index in [1.54, 1.807) is 0 Å². The van der Waals surface area contributed by atoms with Crippen LogP contribution in [-0.2, 0) is 6.54 Å². The molecule has 0 radical (unpaired) electrons. The fraction of sp³-hybridized carbons (Fsp3) is 0.600. The smallest absolute Gasteiger partial charge is 0.0222 e. The van der Waals surface area contributed by atoms with Crippen LogP contribution in [0.1, 0.15) is 18.9 Å². The summed E-state index contributed by atoms with van der Waals surface area (Å²) in [4.78, 5) is 3.05. The summed E-state index contributed by atoms with van der Waals surface area (Å²) in [5.74, 6) is 1.24. The van der Waals surface area contributed by atoms with Crippen LogP contribution in [0, 0.1) is 0 Å². The molecule has 1 unspecified atom stereocenters. The second-order valence-corrected chi connectivity index (χ2v) is 4.27. The molecule has 0 saturated carbocycles. The number of hydrogen-bond donors (Lipinski definition) is 2. The first kappa shape index (κ1) is 10.7. The zero-order valence-electron chi connectivity index (χ0n) is 8.34. The van der Waals surface area contributed by atoms with Gasteiger partial charge in [-0.25, -0.2) is 0 Å². The number of aromatic amines is 1. The predicted octanol–water partition coefficient (Wildman–Crippen LogP) is 2.25. The van der Waals surface area contributed by atoms with E-state index in [1.165, 1.54) is 17.7 Å². The summed E-state index contributed by atoms with van der Waals surface area (Å²) in [7, 11) is 0. The van der Waals surface area contributed by atoms with Crippen molar-refractivity contribution in [2.24, 2.45) is 0 Å². The predicted molar refractivity (Wildman–Crippen MR) is 60.1 cm³/mol. The third-order valence-electron chi connectivity index (χ3n) is 2.07. The molecule has 0 aromatic carbocycles. The van der Waals surface area contributed by atoms with E-state index in [-0.39, 0.29) is 0 Å². The molecule has 3 heteroatoms. The van der Waals surface area contributed by atoms with E-state index >= 15 is 0 Å². The van der Waals surface area contributed by atoms with Gasteiger partial charge in [-0.15, -0.1) is 0 Å². The molecule has 1 aromatic rings. The van der Waals surface area contributed by atoms with Gasteiger partial charge in [0.1, 0.15) is 0 Å². The SMILES string of the molecule is CSCCC(C)NCc1cc[nH]c1. The van der Waals surface area contributed by atoms with Crippen molar-refractivity contribution in [2.45, 2.75) is 25.9 Å². The van der Waals surface area contributed by atoms with Gasteiger partial charge in [0.25, 0.3) is 0 Å². The second-order valence-electron chi connectivity index (χ2n) is 3.28. The highest BCUT2D eigenvalue weighted by molar-refractivity contribution is 7.98. The van der Waals surface area contributed by atoms with Crippen LogP contribution in [0.3, 0.4) is 0 Å². The quantitative estimate of drug-likeness (QED) is 0.733. The zero-order valence-corrected chi connectivity index (χ0v) is 9.16. The van der Waals surface area contributed by atoms with Gasteiger partial charge in [-0.1, -0.05) is 0 Å². The van der Waals surface area contributed by atoms with Gasteiger partial charge in [0.2, 0.25) is 0 Å². The Balaban J connectivity index is 2.11. The summed E-state index contributed by atoms with van der Waals surface area (Å²) >= 11 is 1.91. The molecule has 0 fully saturated rings. The number of nitrogens with one attached hydrogen (secondary N) is 2. The van der Waals surface area contributed by atoms with Crippen molar-refractivity contribution in [2.75, 3.05) is 12.0 Å². The molecule has 0 aliphatic carbocycles. The van der Waals surface area contributed by atoms with Crippen molar-refractivity contribution in [1.82, 2.24) is 10.3 Å². The lowest BCUT2D eigenvalue weighted by Crippen LogP contribution is -2.25. The molecule has 2 N–H and O–H groups in total. The maximum atomic E-state index is 3.49. The number of thioether (sulfide) groups is 1. The van der Waals surface area contributed by atoms with E-state index in [1.807, 2.05) is 24.2 Å². The zero-order chi connectivity index (χ0) is 9.52. The lowest BCUT2D eigenvalue weighted by molar-refractivity contribution is 0.538. The van der Waals surface area contributed by atoms with Gasteiger partial charge in [-0.3, -0.25) is 0 Å². The fourth-order valence-electron chi connectivity index (χ4n) is 1.16. The molecule has 74 valence electrons. The molecule has 0 bridgehead atoms. The van der Waals surface area contributed by atoms with Crippen LogP contribution < -0.4 is 5.32 Å². The second kappa shape index (κ2) is 6.11. The highest BCUT2D eigenvalue weighted by Crippen LogP contribution is 2.01. The summed E-state index contributed by atoms with van der Waals surface area (Å²) in [5, 5.41) is 3.49. The number of hydrogen-bond acceptors (Lipinski definition) is 2. The Bertz CT molecular complexity index is 209. The lowest BCUT2D eigenvalue weighted by Gasteiger charge is -2.11. The van der Waals surface area contributed by atoms with Crippen molar-refractivity contribution >= 4 is 11.8 Å². The molecular formula is C10H18N2S. The fourth-order valence-corrected chi connectivity index (χ4v) is 1.75. The van der Waals surface area contributed by atoms with Crippen LogP contribution in [0.15, 0.2) is 18.5 Å². The van der Waals surface area contributed by atoms with Gasteiger partial charge in [0, 0.05) is 25.0 Å². The van der Waals surface area contributed by atoms with E-state index in [2.05, 4.69) is 29.5 Å². The molecule has 1 aromatic heterocycles. The van der Waals surface area contributed by atoms with Gasteiger partial charge >= 0.3 is 0 Å². The topological polar surface area (TPSA) is 27.8 Å². The van der Waals surface area contributed by atoms with Crippen LogP contribution in [0.25, 0.3) is 0 Å². The number of H-pyrrole nitrogens is 1. The van der Waals surface area contributed by atoms with Gasteiger partial charge in [-0.2, -0.15) is 11.8 Å². The van der Waals surface area contributed by atoms with Crippen LogP contribution in [0.5, 0.6) is 0 Å². The maximum absolute atomic E-state index is 3.49. The Hall–Kier alpha value is -0.410. The average molecular weight is 198 g/mol. The van der Waals surface area contributed by atoms with Crippen LogP contribution >= 0.6 is 11.8 Å². The summed E-state index contributed by atoms with van der Waals surface area (Å²) < 4.78 is 0. The van der Waals surface area contributed by atoms with Crippen LogP contribution in [0.2, 0.25) is 0 Å². The average Bonchev–Trinajstić information content (AvgIpc) is 2.64. The molecule has 13 heavy (non-hydrogen) atoms. The maximum Gasteiger partial charge on any atom is 0.0222 e. The molecule has 1 rings (SSSR count). The summed E-state index contributed by atoms with van der Waals surface area (Å²) in [5.41, 5.74) is 1.33. The van der Waals surface area contributed by atoms with Crippen molar-refractivity contribution < 1.29 is 0 Å². The van der Waals surface area contributed by atoms with Crippen LogP contribution in [0.4, 0.5) is 0 Å². The van der Waals surface area contributed by atoms with Gasteiger partial charge in [0.15, 0.2) is 0 Å². The van der Waals surface area contributed by atoms with Crippen molar-refractivity contribution in [3.8, 4) is 0 Å². The highest BCUT2D eigenvalue weighted by Gasteiger charge is 2.00. The van der Waals surface area contributed by atoms with E-state index in [9.17, 15) is 0 Å². The standard InChI is InChI=1S/C10H18N2S/c1-9(4-6-13-2)12-8-10-3-5-11-7-10/h3,5,7,9,11-12H,4,6,8H2,1-2H3. The first-order chi connectivity index (χ1) is 6.33. The first-order valence-corrected chi connectivity index (χ1v) is 6.06. The molecule has 0 aliphatic rings. The van der Waals surface area contributed by atoms with Crippen molar-refractivity contribution in [1.29, 1.82) is 0 Å². The minimum Gasteiger partial charge on any atom is -0.367 e. The molecule has 1 atom stereocenters. The van der Waals surface area contributed by atoms with Gasteiger partial charge in [0.05, 0.1) is 0 Å². The molecule has 1 heterocycles. The Morgan fingerprint density at radius 3 is 3.08 bits per heavy atom. The van der Waals surface area contributed by atoms with Crippen LogP contribution in [-0.4, -0.2) is 23.0 Å². The monoisotopic (exact) mass is 198 g/mol. The van der Waals surface area contributed by atoms with E-state index in [0.717, 1.165) is 6.54 Å². The van der Waals surface area contributed by atoms with Crippen molar-refractivity contribution in [3.05, 3.63) is 24.0 Å². The van der Waals surface area contributed by atoms with Crippen molar-refractivity contribution in [3.63, 3.8) is 0 Å². The molecule has 0 amide bonds. The van der Waals surface area contributed by atoms with Gasteiger partial charge in [-0.05, 0) is 37.0 Å². The van der Waals surface area contributed by atoms with E-state index in [4.69, 9.17) is 0 Å². The minimum atomic E-state index is 0.613. The minimum absolute atomic E-state index is 0.613. The van der Waals surface area contributed by atoms with E-state index in [0.29, 0.717) is 6.04 Å². The Morgan fingerprint density at radius 1 is 1.62 bits per heavy atom. The first-order valence-electron chi connectivity index (χ1n) is 4.67. The Morgan fingerprint density at radius 2 is 2.46 bits per heavy atom. The lowest BCUT2D eigenvalue weighted by atomic mass is 10.2. The normalized spacial score (nSPS) is 13.1. The third kappa shape index (κ3) is 4.39. The summed E-state index contributed by atoms with van der Waals surface area (Å²) in [6, 6.07) is 2.72.